The number of piperazine rings is 1. The molecule has 1 aromatic carbocycles. The molecule has 1 aromatic heterocycles. The number of aromatic nitrogens is 1. The number of carbonyl (C=O) groups is 1. The lowest BCUT2D eigenvalue weighted by atomic mass is 10.2. The van der Waals surface area contributed by atoms with Crippen molar-refractivity contribution in [2.45, 2.75) is 19.4 Å². The molecule has 1 N–H and O–H groups in total. The summed E-state index contributed by atoms with van der Waals surface area (Å²) in [5.41, 5.74) is 2.89. The first kappa shape index (κ1) is 18.9. The Morgan fingerprint density at radius 3 is 2.64 bits per heavy atom. The molecule has 0 spiro atoms. The van der Waals surface area contributed by atoms with Crippen LogP contribution in [-0.4, -0.2) is 73.0 Å². The van der Waals surface area contributed by atoms with Crippen LogP contribution in [0.1, 0.15) is 22.8 Å². The third kappa shape index (κ3) is 4.18. The fourth-order valence-corrected chi connectivity index (χ4v) is 4.03. The smallest absolute Gasteiger partial charge is 0.259 e. The van der Waals surface area contributed by atoms with E-state index in [1.807, 2.05) is 35.2 Å². The predicted octanol–water partition coefficient (Wildman–Crippen LogP) is 2.33. The summed E-state index contributed by atoms with van der Waals surface area (Å²) in [7, 11) is 2.17. The van der Waals surface area contributed by atoms with E-state index >= 15 is 0 Å². The standard InChI is InChI=1S/C22H29N5O/c1-17(16-26-13-11-25(2)12-14-26)24-21-8-7-19(15-23-21)22(28)27-10-9-18-5-3-4-6-20(18)27/h3-8,15,17H,9-14,16H2,1-2H3,(H,23,24)/t17-/m0/s1. The molecule has 1 saturated heterocycles. The second kappa shape index (κ2) is 8.29. The van der Waals surface area contributed by atoms with Gasteiger partial charge in [-0.3, -0.25) is 9.69 Å². The van der Waals surface area contributed by atoms with Gasteiger partial charge in [-0.2, -0.15) is 0 Å². The number of likely N-dealkylation sites (N-methyl/N-ethyl adjacent to an activating group) is 1. The third-order valence-electron chi connectivity index (χ3n) is 5.66. The molecule has 2 aliphatic rings. The van der Waals surface area contributed by atoms with Crippen LogP contribution in [0.15, 0.2) is 42.6 Å². The topological polar surface area (TPSA) is 51.7 Å². The number of rotatable bonds is 5. The van der Waals surface area contributed by atoms with Gasteiger partial charge in [-0.05, 0) is 44.2 Å². The lowest BCUT2D eigenvalue weighted by Crippen LogP contribution is -2.47. The zero-order valence-corrected chi connectivity index (χ0v) is 16.8. The van der Waals surface area contributed by atoms with E-state index in [0.29, 0.717) is 11.6 Å². The molecule has 1 atom stereocenters. The van der Waals surface area contributed by atoms with Crippen LogP contribution in [0.3, 0.4) is 0 Å². The fraction of sp³-hybridized carbons (Fsp3) is 0.455. The highest BCUT2D eigenvalue weighted by Crippen LogP contribution is 2.28. The van der Waals surface area contributed by atoms with Gasteiger partial charge < -0.3 is 15.1 Å². The lowest BCUT2D eigenvalue weighted by Gasteiger charge is -2.34. The molecule has 1 fully saturated rings. The summed E-state index contributed by atoms with van der Waals surface area (Å²) in [6.45, 7) is 8.39. The number of para-hydroxylation sites is 1. The van der Waals surface area contributed by atoms with Crippen LogP contribution in [0.4, 0.5) is 11.5 Å². The second-order valence-electron chi connectivity index (χ2n) is 7.92. The van der Waals surface area contributed by atoms with Gasteiger partial charge in [0.15, 0.2) is 0 Å². The summed E-state index contributed by atoms with van der Waals surface area (Å²) in [5.74, 6) is 0.842. The van der Waals surface area contributed by atoms with E-state index in [1.165, 1.54) is 5.56 Å². The molecule has 0 bridgehead atoms. The summed E-state index contributed by atoms with van der Waals surface area (Å²) in [6, 6.07) is 12.2. The number of hydrogen-bond acceptors (Lipinski definition) is 5. The predicted molar refractivity (Wildman–Crippen MR) is 113 cm³/mol. The minimum Gasteiger partial charge on any atom is -0.366 e. The van der Waals surface area contributed by atoms with Gasteiger partial charge in [-0.1, -0.05) is 18.2 Å². The molecule has 28 heavy (non-hydrogen) atoms. The van der Waals surface area contributed by atoms with Crippen LogP contribution in [0.25, 0.3) is 0 Å². The molecule has 0 saturated carbocycles. The normalized spacial score (nSPS) is 18.7. The quantitative estimate of drug-likeness (QED) is 0.864. The molecule has 6 heteroatoms. The molecule has 148 valence electrons. The highest BCUT2D eigenvalue weighted by molar-refractivity contribution is 6.07. The minimum absolute atomic E-state index is 0.0227. The number of nitrogens with one attached hydrogen (secondary N) is 1. The van der Waals surface area contributed by atoms with Gasteiger partial charge in [-0.25, -0.2) is 4.98 Å². The van der Waals surface area contributed by atoms with Crippen molar-refractivity contribution in [3.63, 3.8) is 0 Å². The molecule has 0 unspecified atom stereocenters. The van der Waals surface area contributed by atoms with Crippen LogP contribution >= 0.6 is 0 Å². The summed E-state index contributed by atoms with van der Waals surface area (Å²) in [6.07, 6.45) is 2.60. The van der Waals surface area contributed by atoms with Gasteiger partial charge in [0.2, 0.25) is 0 Å². The molecule has 4 rings (SSSR count). The maximum atomic E-state index is 12.9. The number of hydrogen-bond donors (Lipinski definition) is 1. The molecular weight excluding hydrogens is 350 g/mol. The van der Waals surface area contributed by atoms with Gasteiger partial charge in [0.25, 0.3) is 5.91 Å². The maximum Gasteiger partial charge on any atom is 0.259 e. The van der Waals surface area contributed by atoms with Crippen molar-refractivity contribution >= 4 is 17.4 Å². The van der Waals surface area contributed by atoms with Crippen molar-refractivity contribution in [2.75, 3.05) is 56.5 Å². The largest absolute Gasteiger partial charge is 0.366 e. The van der Waals surface area contributed by atoms with E-state index in [4.69, 9.17) is 0 Å². The van der Waals surface area contributed by atoms with E-state index in [0.717, 1.165) is 57.2 Å². The van der Waals surface area contributed by atoms with Crippen LogP contribution in [0.5, 0.6) is 0 Å². The SMILES string of the molecule is C[C@@H](CN1CCN(C)CC1)Nc1ccc(C(=O)N2CCc3ccccc32)cn1. The number of nitrogens with zero attached hydrogens (tertiary/aromatic N) is 4. The Balaban J connectivity index is 1.34. The summed E-state index contributed by atoms with van der Waals surface area (Å²) >= 11 is 0. The van der Waals surface area contributed by atoms with Crippen LogP contribution < -0.4 is 10.2 Å². The Morgan fingerprint density at radius 1 is 1.11 bits per heavy atom. The van der Waals surface area contributed by atoms with Gasteiger partial charge in [0.1, 0.15) is 5.82 Å². The van der Waals surface area contributed by atoms with E-state index in [1.54, 1.807) is 6.20 Å². The molecule has 1 amide bonds. The van der Waals surface area contributed by atoms with Gasteiger partial charge in [0.05, 0.1) is 5.56 Å². The highest BCUT2D eigenvalue weighted by Gasteiger charge is 2.25. The fourth-order valence-electron chi connectivity index (χ4n) is 4.03. The molecular formula is C22H29N5O. The first-order chi connectivity index (χ1) is 13.6. The van der Waals surface area contributed by atoms with Crippen molar-refractivity contribution in [1.29, 1.82) is 0 Å². The third-order valence-corrected chi connectivity index (χ3v) is 5.66. The molecule has 3 heterocycles. The number of pyridine rings is 1. The summed E-state index contributed by atoms with van der Waals surface area (Å²) < 4.78 is 0. The first-order valence-electron chi connectivity index (χ1n) is 10.1. The van der Waals surface area contributed by atoms with Crippen LogP contribution in [0, 0.1) is 0 Å². The van der Waals surface area contributed by atoms with Crippen LogP contribution in [0.2, 0.25) is 0 Å². The van der Waals surface area contributed by atoms with Crippen LogP contribution in [-0.2, 0) is 6.42 Å². The number of carbonyl (C=O) groups excluding carboxylic acids is 1. The summed E-state index contributed by atoms with van der Waals surface area (Å²) in [5, 5.41) is 3.46. The molecule has 0 radical (unpaired) electrons. The summed E-state index contributed by atoms with van der Waals surface area (Å²) in [4.78, 5) is 24.1. The Bertz CT molecular complexity index is 814. The van der Waals surface area contributed by atoms with Crippen molar-refractivity contribution in [2.24, 2.45) is 0 Å². The monoisotopic (exact) mass is 379 g/mol. The zero-order chi connectivity index (χ0) is 19.5. The minimum atomic E-state index is 0.0227. The van der Waals surface area contributed by atoms with Crippen molar-refractivity contribution in [3.8, 4) is 0 Å². The van der Waals surface area contributed by atoms with Crippen molar-refractivity contribution < 1.29 is 4.79 Å². The maximum absolute atomic E-state index is 12.9. The molecule has 6 nitrogen and oxygen atoms in total. The molecule has 2 aromatic rings. The number of benzene rings is 1. The van der Waals surface area contributed by atoms with Gasteiger partial charge >= 0.3 is 0 Å². The van der Waals surface area contributed by atoms with E-state index in [9.17, 15) is 4.79 Å². The Kier molecular flexibility index (Phi) is 5.59. The molecule has 0 aliphatic carbocycles. The Morgan fingerprint density at radius 2 is 1.89 bits per heavy atom. The highest BCUT2D eigenvalue weighted by atomic mass is 16.2. The van der Waals surface area contributed by atoms with Gasteiger partial charge in [0, 0.05) is 57.2 Å². The van der Waals surface area contributed by atoms with Crippen molar-refractivity contribution in [1.82, 2.24) is 14.8 Å². The molecule has 2 aliphatic heterocycles. The number of amides is 1. The average molecular weight is 380 g/mol. The first-order valence-corrected chi connectivity index (χ1v) is 10.1. The van der Waals surface area contributed by atoms with Gasteiger partial charge in [-0.15, -0.1) is 0 Å². The zero-order valence-electron chi connectivity index (χ0n) is 16.8. The van der Waals surface area contributed by atoms with E-state index in [-0.39, 0.29) is 5.91 Å². The number of anilines is 2. The second-order valence-corrected chi connectivity index (χ2v) is 7.92. The average Bonchev–Trinajstić information content (AvgIpc) is 3.14. The Labute approximate surface area is 167 Å². The van der Waals surface area contributed by atoms with E-state index in [2.05, 4.69) is 40.1 Å². The van der Waals surface area contributed by atoms with Crippen molar-refractivity contribution in [3.05, 3.63) is 53.7 Å². The lowest BCUT2D eigenvalue weighted by molar-refractivity contribution is 0.0989. The number of fused-ring (bicyclic) bond motifs is 1. The Hall–Kier alpha value is -2.44. The van der Waals surface area contributed by atoms with E-state index < -0.39 is 0 Å².